The number of piperidine rings is 1. The number of rotatable bonds is 6. The minimum atomic E-state index is -0.408. The zero-order valence-electron chi connectivity index (χ0n) is 19.8. The lowest BCUT2D eigenvalue weighted by molar-refractivity contribution is 0.117. The predicted octanol–water partition coefficient (Wildman–Crippen LogP) is 6.55. The van der Waals surface area contributed by atoms with Gasteiger partial charge in [0.2, 0.25) is 0 Å². The lowest BCUT2D eigenvalue weighted by Gasteiger charge is -2.34. The molecule has 0 amide bonds. The molecule has 3 aromatic carbocycles. The average molecular weight is 478 g/mol. The number of hydrogen-bond acceptors (Lipinski definition) is 3. The number of hydrogen-bond donors (Lipinski definition) is 1. The van der Waals surface area contributed by atoms with E-state index < -0.39 is 6.10 Å². The Morgan fingerprint density at radius 3 is 2.26 bits per heavy atom. The molecular formula is C30H36ClNO2. The molecule has 1 N–H and O–H groups in total. The number of aliphatic hydroxyl groups excluding tert-OH is 1. The van der Waals surface area contributed by atoms with E-state index in [2.05, 4.69) is 59.5 Å². The molecule has 2 unspecified atom stereocenters. The molecule has 1 aliphatic carbocycles. The molecule has 1 aliphatic heterocycles. The second-order valence-corrected chi connectivity index (χ2v) is 9.74. The van der Waals surface area contributed by atoms with E-state index >= 15 is 0 Å². The summed E-state index contributed by atoms with van der Waals surface area (Å²) in [6.45, 7) is 3.97. The van der Waals surface area contributed by atoms with Crippen LogP contribution in [0.5, 0.6) is 5.75 Å². The van der Waals surface area contributed by atoms with Crippen molar-refractivity contribution in [3.63, 3.8) is 0 Å². The highest BCUT2D eigenvalue weighted by Gasteiger charge is 2.28. The molecule has 1 heterocycles. The monoisotopic (exact) mass is 477 g/mol. The lowest BCUT2D eigenvalue weighted by Crippen LogP contribution is -2.36. The fraction of sp³-hybridized carbons (Fsp3) is 0.400. The van der Waals surface area contributed by atoms with E-state index in [9.17, 15) is 5.11 Å². The van der Waals surface area contributed by atoms with Crippen molar-refractivity contribution < 1.29 is 9.84 Å². The highest BCUT2D eigenvalue weighted by Crippen LogP contribution is 2.37. The minimum Gasteiger partial charge on any atom is -0.489 e. The van der Waals surface area contributed by atoms with Crippen LogP contribution < -0.4 is 4.74 Å². The first-order valence-electron chi connectivity index (χ1n) is 12.5. The molecule has 0 saturated carbocycles. The first kappa shape index (κ1) is 24.8. The van der Waals surface area contributed by atoms with Crippen molar-refractivity contribution in [2.24, 2.45) is 5.92 Å². The van der Waals surface area contributed by atoms with Crippen LogP contribution in [0.2, 0.25) is 0 Å². The Kier molecular flexibility index (Phi) is 8.66. The van der Waals surface area contributed by atoms with Crippen molar-refractivity contribution in [1.29, 1.82) is 0 Å². The van der Waals surface area contributed by atoms with E-state index in [4.69, 9.17) is 4.74 Å². The van der Waals surface area contributed by atoms with Crippen LogP contribution in [-0.2, 0) is 13.0 Å². The third kappa shape index (κ3) is 6.02. The van der Waals surface area contributed by atoms with Crippen LogP contribution in [0.15, 0.2) is 78.9 Å². The molecule has 0 bridgehead atoms. The maximum Gasteiger partial charge on any atom is 0.123 e. The summed E-state index contributed by atoms with van der Waals surface area (Å²) in [5, 5.41) is 11.1. The standard InChI is InChI=1S/C30H35NO2.ClH/c32-29-20-24(21-31-18-16-26(17-19-31)25-10-5-2-6-11-25)14-15-28-27(29)12-7-13-30(28)33-22-23-8-3-1-4-9-23;/h1-13,24,26,29,32H,14-22H2;1H. The normalized spacial score (nSPS) is 21.2. The van der Waals surface area contributed by atoms with Gasteiger partial charge in [-0.05, 0) is 85.3 Å². The maximum absolute atomic E-state index is 11.1. The Hall–Kier alpha value is -2.33. The van der Waals surface area contributed by atoms with Crippen LogP contribution in [0.4, 0.5) is 0 Å². The summed E-state index contributed by atoms with van der Waals surface area (Å²) in [4.78, 5) is 2.62. The zero-order chi connectivity index (χ0) is 22.5. The van der Waals surface area contributed by atoms with Crippen molar-refractivity contribution in [1.82, 2.24) is 4.90 Å². The van der Waals surface area contributed by atoms with Gasteiger partial charge in [-0.1, -0.05) is 72.8 Å². The summed E-state index contributed by atoms with van der Waals surface area (Å²) in [7, 11) is 0. The average Bonchev–Trinajstić information content (AvgIpc) is 3.03. The molecule has 3 aromatic rings. The second-order valence-electron chi connectivity index (χ2n) is 9.74. The van der Waals surface area contributed by atoms with Gasteiger partial charge in [-0.3, -0.25) is 0 Å². The molecule has 2 aliphatic rings. The van der Waals surface area contributed by atoms with Gasteiger partial charge in [-0.25, -0.2) is 0 Å². The summed E-state index contributed by atoms with van der Waals surface area (Å²) in [5.74, 6) is 2.14. The molecule has 5 rings (SSSR count). The predicted molar refractivity (Wildman–Crippen MR) is 141 cm³/mol. The summed E-state index contributed by atoms with van der Waals surface area (Å²) in [6, 6.07) is 27.4. The summed E-state index contributed by atoms with van der Waals surface area (Å²) >= 11 is 0. The smallest absolute Gasteiger partial charge is 0.123 e. The summed E-state index contributed by atoms with van der Waals surface area (Å²) < 4.78 is 6.21. The van der Waals surface area contributed by atoms with Gasteiger partial charge in [-0.15, -0.1) is 12.4 Å². The number of ether oxygens (including phenoxy) is 1. The number of aliphatic hydroxyl groups is 1. The number of nitrogens with zero attached hydrogens (tertiary/aromatic N) is 1. The Morgan fingerprint density at radius 1 is 0.824 bits per heavy atom. The molecule has 0 radical (unpaired) electrons. The van der Waals surface area contributed by atoms with Crippen LogP contribution in [0.3, 0.4) is 0 Å². The first-order valence-corrected chi connectivity index (χ1v) is 12.5. The fourth-order valence-corrected chi connectivity index (χ4v) is 5.65. The maximum atomic E-state index is 11.1. The SMILES string of the molecule is Cl.OC1CC(CN2CCC(c3ccccc3)CC2)CCc2c(OCc3ccccc3)cccc21. The van der Waals surface area contributed by atoms with Gasteiger partial charge in [-0.2, -0.15) is 0 Å². The van der Waals surface area contributed by atoms with Crippen LogP contribution >= 0.6 is 12.4 Å². The molecule has 1 saturated heterocycles. The highest BCUT2D eigenvalue weighted by molar-refractivity contribution is 5.85. The summed E-state index contributed by atoms with van der Waals surface area (Å²) in [6.07, 6.45) is 4.98. The van der Waals surface area contributed by atoms with Crippen LogP contribution in [0, 0.1) is 5.92 Å². The molecule has 3 nitrogen and oxygen atoms in total. The number of halogens is 1. The van der Waals surface area contributed by atoms with Crippen molar-refractivity contribution in [2.75, 3.05) is 19.6 Å². The van der Waals surface area contributed by atoms with Crippen molar-refractivity contribution in [3.8, 4) is 5.75 Å². The van der Waals surface area contributed by atoms with E-state index in [1.165, 1.54) is 29.5 Å². The van der Waals surface area contributed by atoms with Crippen molar-refractivity contribution in [2.45, 2.75) is 50.7 Å². The van der Waals surface area contributed by atoms with Crippen molar-refractivity contribution in [3.05, 3.63) is 101 Å². The Labute approximate surface area is 210 Å². The van der Waals surface area contributed by atoms with Gasteiger partial charge in [0.25, 0.3) is 0 Å². The number of likely N-dealkylation sites (tertiary alicyclic amines) is 1. The van der Waals surface area contributed by atoms with Gasteiger partial charge >= 0.3 is 0 Å². The molecule has 2 atom stereocenters. The zero-order valence-corrected chi connectivity index (χ0v) is 20.6. The Balaban J connectivity index is 0.00000274. The van der Waals surface area contributed by atoms with Gasteiger partial charge in [0.1, 0.15) is 12.4 Å². The van der Waals surface area contributed by atoms with Gasteiger partial charge in [0.05, 0.1) is 6.10 Å². The molecule has 0 spiro atoms. The molecule has 4 heteroatoms. The molecule has 180 valence electrons. The summed E-state index contributed by atoms with van der Waals surface area (Å²) in [5.41, 5.74) is 4.92. The van der Waals surface area contributed by atoms with Gasteiger partial charge in [0, 0.05) is 6.54 Å². The Morgan fingerprint density at radius 2 is 1.53 bits per heavy atom. The molecule has 34 heavy (non-hydrogen) atoms. The van der Waals surface area contributed by atoms with E-state index in [0.717, 1.165) is 50.2 Å². The molecule has 1 fully saturated rings. The minimum absolute atomic E-state index is 0. The third-order valence-corrected chi connectivity index (χ3v) is 7.50. The molecular weight excluding hydrogens is 442 g/mol. The van der Waals surface area contributed by atoms with Gasteiger partial charge in [0.15, 0.2) is 0 Å². The van der Waals surface area contributed by atoms with Crippen LogP contribution in [0.25, 0.3) is 0 Å². The van der Waals surface area contributed by atoms with Crippen LogP contribution in [-0.4, -0.2) is 29.6 Å². The topological polar surface area (TPSA) is 32.7 Å². The van der Waals surface area contributed by atoms with Gasteiger partial charge < -0.3 is 14.7 Å². The molecule has 0 aromatic heterocycles. The largest absolute Gasteiger partial charge is 0.489 e. The first-order chi connectivity index (χ1) is 16.3. The second kappa shape index (κ2) is 11.9. The quantitative estimate of drug-likeness (QED) is 0.408. The van der Waals surface area contributed by atoms with E-state index in [0.29, 0.717) is 18.4 Å². The lowest BCUT2D eigenvalue weighted by atomic mass is 9.88. The highest BCUT2D eigenvalue weighted by atomic mass is 35.5. The Bertz CT molecular complexity index is 1020. The van der Waals surface area contributed by atoms with E-state index in [-0.39, 0.29) is 12.4 Å². The van der Waals surface area contributed by atoms with Crippen molar-refractivity contribution >= 4 is 12.4 Å². The van der Waals surface area contributed by atoms with Crippen LogP contribution in [0.1, 0.15) is 60.0 Å². The number of fused-ring (bicyclic) bond motifs is 1. The number of benzene rings is 3. The third-order valence-electron chi connectivity index (χ3n) is 7.50. The van der Waals surface area contributed by atoms with E-state index in [1.807, 2.05) is 24.3 Å². The van der Waals surface area contributed by atoms with E-state index in [1.54, 1.807) is 0 Å². The fourth-order valence-electron chi connectivity index (χ4n) is 5.65.